The molecule has 9 nitrogen and oxygen atoms in total. The molecule has 3 N–H and O–H groups in total. The fraction of sp³-hybridized carbons (Fsp3) is 0.118. The maximum absolute atomic E-state index is 12.9. The van der Waals surface area contributed by atoms with Gasteiger partial charge >= 0.3 is 5.63 Å². The molecular formula is C17H17N3O6S2. The van der Waals surface area contributed by atoms with Gasteiger partial charge < -0.3 is 4.42 Å². The summed E-state index contributed by atoms with van der Waals surface area (Å²) >= 11 is 0. The zero-order chi connectivity index (χ0) is 20.5. The maximum atomic E-state index is 12.9. The summed E-state index contributed by atoms with van der Waals surface area (Å²) < 4.78 is 60.9. The average molecular weight is 423 g/mol. The van der Waals surface area contributed by atoms with Crippen molar-refractivity contribution in [2.45, 2.75) is 11.8 Å². The number of fused-ring (bicyclic) bond motifs is 1. The van der Waals surface area contributed by atoms with Gasteiger partial charge in [0.2, 0.25) is 0 Å². The van der Waals surface area contributed by atoms with Gasteiger partial charge in [0, 0.05) is 12.4 Å². The normalized spacial score (nSPS) is 12.1. The predicted octanol–water partition coefficient (Wildman–Crippen LogP) is 1.78. The van der Waals surface area contributed by atoms with Crippen LogP contribution in [0.25, 0.3) is 11.0 Å². The third-order valence-electron chi connectivity index (χ3n) is 4.00. The van der Waals surface area contributed by atoms with Gasteiger partial charge in [-0.15, -0.1) is 0 Å². The van der Waals surface area contributed by atoms with Gasteiger partial charge in [0.05, 0.1) is 5.69 Å². The highest BCUT2D eigenvalue weighted by Crippen LogP contribution is 2.27. The summed E-state index contributed by atoms with van der Waals surface area (Å²) in [5, 5.41) is 0.573. The highest BCUT2D eigenvalue weighted by atomic mass is 32.2. The molecule has 0 atom stereocenters. The fourth-order valence-corrected chi connectivity index (χ4v) is 4.51. The van der Waals surface area contributed by atoms with E-state index in [9.17, 15) is 21.6 Å². The number of para-hydroxylation sites is 2. The molecule has 0 saturated heterocycles. The lowest BCUT2D eigenvalue weighted by molar-refractivity contribution is 0.561. The molecule has 1 heterocycles. The van der Waals surface area contributed by atoms with Crippen molar-refractivity contribution in [2.24, 2.45) is 0 Å². The van der Waals surface area contributed by atoms with Crippen LogP contribution in [0.3, 0.4) is 0 Å². The molecule has 0 aliphatic carbocycles. The van der Waals surface area contributed by atoms with E-state index in [1.165, 1.54) is 31.3 Å². The minimum absolute atomic E-state index is 0.174. The number of rotatable bonds is 6. The van der Waals surface area contributed by atoms with Gasteiger partial charge in [-0.3, -0.25) is 9.44 Å². The predicted molar refractivity (Wildman–Crippen MR) is 106 cm³/mol. The summed E-state index contributed by atoms with van der Waals surface area (Å²) in [6.07, 6.45) is 0. The molecule has 0 fully saturated rings. The second-order valence-electron chi connectivity index (χ2n) is 5.80. The van der Waals surface area contributed by atoms with Crippen LogP contribution in [0.2, 0.25) is 0 Å². The number of aryl methyl sites for hydroxylation is 1. The van der Waals surface area contributed by atoms with Crippen molar-refractivity contribution >= 4 is 42.6 Å². The molecule has 0 spiro atoms. The third kappa shape index (κ3) is 3.86. The van der Waals surface area contributed by atoms with Crippen molar-refractivity contribution in [1.29, 1.82) is 0 Å². The third-order valence-corrected chi connectivity index (χ3v) is 6.43. The highest BCUT2D eigenvalue weighted by molar-refractivity contribution is 7.93. The van der Waals surface area contributed by atoms with Crippen LogP contribution in [-0.2, 0) is 20.2 Å². The lowest BCUT2D eigenvalue weighted by atomic mass is 10.1. The van der Waals surface area contributed by atoms with Crippen molar-refractivity contribution in [3.63, 3.8) is 0 Å². The fourth-order valence-electron chi connectivity index (χ4n) is 2.59. The van der Waals surface area contributed by atoms with E-state index < -0.39 is 25.9 Å². The van der Waals surface area contributed by atoms with E-state index in [-0.39, 0.29) is 16.3 Å². The van der Waals surface area contributed by atoms with Crippen molar-refractivity contribution in [3.8, 4) is 0 Å². The molecule has 0 bridgehead atoms. The van der Waals surface area contributed by atoms with E-state index in [1.807, 2.05) is 4.72 Å². The molecule has 0 aliphatic heterocycles. The summed E-state index contributed by atoms with van der Waals surface area (Å²) in [6, 6.07) is 12.1. The van der Waals surface area contributed by atoms with Crippen LogP contribution in [0.5, 0.6) is 0 Å². The molecule has 11 heteroatoms. The van der Waals surface area contributed by atoms with E-state index in [4.69, 9.17) is 4.42 Å². The van der Waals surface area contributed by atoms with Crippen molar-refractivity contribution in [2.75, 3.05) is 16.5 Å². The van der Waals surface area contributed by atoms with Crippen LogP contribution in [-0.4, -0.2) is 23.9 Å². The Morgan fingerprint density at radius 3 is 2.25 bits per heavy atom. The van der Waals surface area contributed by atoms with Gasteiger partial charge in [0.15, 0.2) is 0 Å². The first kappa shape index (κ1) is 19.9. The molecular weight excluding hydrogens is 406 g/mol. The quantitative estimate of drug-likeness (QED) is 0.517. The number of hydrogen-bond donors (Lipinski definition) is 3. The Labute approximate surface area is 161 Å². The van der Waals surface area contributed by atoms with Crippen LogP contribution >= 0.6 is 0 Å². The van der Waals surface area contributed by atoms with Gasteiger partial charge in [-0.2, -0.15) is 8.42 Å². The molecule has 0 amide bonds. The largest absolute Gasteiger partial charge is 0.421 e. The molecule has 1 aromatic heterocycles. The summed E-state index contributed by atoms with van der Waals surface area (Å²) in [5.41, 5.74) is -0.552. The van der Waals surface area contributed by atoms with Crippen LogP contribution in [0, 0.1) is 6.92 Å². The molecule has 0 radical (unpaired) electrons. The second kappa shape index (κ2) is 7.26. The van der Waals surface area contributed by atoms with E-state index in [1.54, 1.807) is 31.2 Å². The minimum atomic E-state index is -4.30. The second-order valence-corrected chi connectivity index (χ2v) is 9.07. The van der Waals surface area contributed by atoms with Gasteiger partial charge in [-0.05, 0) is 30.7 Å². The first-order chi connectivity index (χ1) is 13.1. The van der Waals surface area contributed by atoms with Gasteiger partial charge in [0.25, 0.3) is 20.2 Å². The Morgan fingerprint density at radius 1 is 0.893 bits per heavy atom. The zero-order valence-corrected chi connectivity index (χ0v) is 16.5. The average Bonchev–Trinajstić information content (AvgIpc) is 2.65. The lowest BCUT2D eigenvalue weighted by Gasteiger charge is -2.14. The molecule has 0 aliphatic rings. The van der Waals surface area contributed by atoms with Crippen LogP contribution in [0.4, 0.5) is 11.4 Å². The van der Waals surface area contributed by atoms with Gasteiger partial charge in [-0.25, -0.2) is 17.9 Å². The smallest absolute Gasteiger partial charge is 0.361 e. The molecule has 2 aromatic carbocycles. The molecule has 0 unspecified atom stereocenters. The van der Waals surface area contributed by atoms with E-state index in [0.29, 0.717) is 16.5 Å². The molecule has 28 heavy (non-hydrogen) atoms. The van der Waals surface area contributed by atoms with E-state index in [2.05, 4.69) is 9.44 Å². The highest BCUT2D eigenvalue weighted by Gasteiger charge is 2.24. The lowest BCUT2D eigenvalue weighted by Crippen LogP contribution is -2.28. The summed E-state index contributed by atoms with van der Waals surface area (Å²) in [7, 11) is -7.07. The van der Waals surface area contributed by atoms with Gasteiger partial charge in [0.1, 0.15) is 16.2 Å². The van der Waals surface area contributed by atoms with Crippen LogP contribution in [0.15, 0.2) is 62.6 Å². The van der Waals surface area contributed by atoms with Gasteiger partial charge in [-0.1, -0.05) is 30.3 Å². The Kier molecular flexibility index (Phi) is 5.15. The summed E-state index contributed by atoms with van der Waals surface area (Å²) in [4.78, 5) is 12.0. The van der Waals surface area contributed by atoms with Crippen molar-refractivity contribution < 1.29 is 21.3 Å². The molecule has 0 saturated carbocycles. The minimum Gasteiger partial charge on any atom is -0.421 e. The number of hydrogen-bond acceptors (Lipinski definition) is 6. The Hall–Kier alpha value is -2.89. The maximum Gasteiger partial charge on any atom is 0.361 e. The van der Waals surface area contributed by atoms with Crippen molar-refractivity contribution in [3.05, 3.63) is 64.5 Å². The standard InChI is InChI=1S/C17H17N3O6S2/c1-11-12-7-3-5-9-14(12)26-17(21)16(11)20-27(22,23)15-10-6-4-8-13(15)19-28(24,25)18-2/h3-10,18-20H,1-2H3. The molecule has 3 aromatic rings. The van der Waals surface area contributed by atoms with Crippen LogP contribution < -0.4 is 19.8 Å². The van der Waals surface area contributed by atoms with Crippen LogP contribution in [0.1, 0.15) is 5.56 Å². The SMILES string of the molecule is CNS(=O)(=O)Nc1ccccc1S(=O)(=O)Nc1c(C)c2ccccc2oc1=O. The monoisotopic (exact) mass is 423 g/mol. The Bertz CT molecular complexity index is 1310. The number of nitrogens with one attached hydrogen (secondary N) is 3. The van der Waals surface area contributed by atoms with Crippen molar-refractivity contribution in [1.82, 2.24) is 4.72 Å². The van der Waals surface area contributed by atoms with E-state index >= 15 is 0 Å². The number of anilines is 2. The molecule has 148 valence electrons. The van der Waals surface area contributed by atoms with E-state index in [0.717, 1.165) is 0 Å². The Morgan fingerprint density at radius 2 is 1.54 bits per heavy atom. The summed E-state index contributed by atoms with van der Waals surface area (Å²) in [5.74, 6) is 0. The zero-order valence-electron chi connectivity index (χ0n) is 14.9. The topological polar surface area (TPSA) is 135 Å². The number of benzene rings is 2. The summed E-state index contributed by atoms with van der Waals surface area (Å²) in [6.45, 7) is 1.59. The first-order valence-electron chi connectivity index (χ1n) is 8.00. The Balaban J connectivity index is 2.10. The number of sulfonamides is 1. The first-order valence-corrected chi connectivity index (χ1v) is 11.0. The molecule has 3 rings (SSSR count).